The molecule has 0 N–H and O–H groups in total. The molecule has 15 heavy (non-hydrogen) atoms. The summed E-state index contributed by atoms with van der Waals surface area (Å²) < 4.78 is 11.9. The quantitative estimate of drug-likeness (QED) is 0.705. The second-order valence-corrected chi connectivity index (χ2v) is 5.37. The minimum Gasteiger partial charge on any atom is -0.326 e. The predicted molar refractivity (Wildman–Crippen MR) is 57.4 cm³/mol. The molecule has 0 spiro atoms. The van der Waals surface area contributed by atoms with Crippen molar-refractivity contribution in [3.8, 4) is 0 Å². The van der Waals surface area contributed by atoms with E-state index in [4.69, 9.17) is 0 Å². The molecule has 1 aromatic heterocycles. The Balaban J connectivity index is 2.39. The van der Waals surface area contributed by atoms with E-state index in [-0.39, 0.29) is 11.3 Å². The molecule has 0 bridgehead atoms. The number of pyridine rings is 1. The average Bonchev–Trinajstić information content (AvgIpc) is 2.45. The second kappa shape index (κ2) is 3.73. The first-order chi connectivity index (χ1) is 7.13. The molecule has 1 aromatic rings. The van der Waals surface area contributed by atoms with Gasteiger partial charge in [-0.1, -0.05) is 6.07 Å². The highest BCUT2D eigenvalue weighted by Gasteiger charge is 2.42. The average molecular weight is 224 g/mol. The molecule has 2 heterocycles. The van der Waals surface area contributed by atoms with Gasteiger partial charge in [0.15, 0.2) is 0 Å². The molecule has 1 unspecified atom stereocenters. The highest BCUT2D eigenvalue weighted by atomic mass is 32.2. The molecule has 80 valence electrons. The molecule has 5 heteroatoms. The van der Waals surface area contributed by atoms with Crippen LogP contribution in [0.1, 0.15) is 17.9 Å². The van der Waals surface area contributed by atoms with E-state index in [0.29, 0.717) is 0 Å². The molecule has 3 atom stereocenters. The lowest BCUT2D eigenvalue weighted by Gasteiger charge is -2.17. The lowest BCUT2D eigenvalue weighted by Crippen LogP contribution is -2.25. The molecule has 0 radical (unpaired) electrons. The van der Waals surface area contributed by atoms with Crippen LogP contribution in [-0.4, -0.2) is 32.3 Å². The zero-order chi connectivity index (χ0) is 11.0. The summed E-state index contributed by atoms with van der Waals surface area (Å²) >= 11 is 0. The van der Waals surface area contributed by atoms with Gasteiger partial charge in [-0.25, -0.2) is 0 Å². The monoisotopic (exact) mass is 224 g/mol. The molecular weight excluding hydrogens is 212 g/mol. The van der Waals surface area contributed by atoms with E-state index in [1.807, 2.05) is 6.07 Å². The van der Waals surface area contributed by atoms with Crippen LogP contribution in [0.5, 0.6) is 0 Å². The normalized spacial score (nSPS) is 30.9. The first-order valence-electron chi connectivity index (χ1n) is 4.69. The van der Waals surface area contributed by atoms with Crippen molar-refractivity contribution in [2.24, 2.45) is 0 Å². The largest absolute Gasteiger partial charge is 0.326 e. The van der Waals surface area contributed by atoms with Crippen LogP contribution in [0.25, 0.3) is 0 Å². The van der Waals surface area contributed by atoms with Crippen molar-refractivity contribution in [1.29, 1.82) is 0 Å². The highest BCUT2D eigenvalue weighted by molar-refractivity contribution is 7.87. The molecule has 4 nitrogen and oxygen atoms in total. The fraction of sp³-hybridized carbons (Fsp3) is 0.400. The Kier molecular flexibility index (Phi) is 2.56. The van der Waals surface area contributed by atoms with Crippen molar-refractivity contribution in [1.82, 2.24) is 9.88 Å². The highest BCUT2D eigenvalue weighted by Crippen LogP contribution is 2.32. The van der Waals surface area contributed by atoms with Gasteiger partial charge in [0.1, 0.15) is 10.6 Å². The molecule has 0 saturated carbocycles. The van der Waals surface area contributed by atoms with Gasteiger partial charge in [0.25, 0.3) is 0 Å². The zero-order valence-electron chi connectivity index (χ0n) is 8.58. The summed E-state index contributed by atoms with van der Waals surface area (Å²) in [7, 11) is 0.502. The number of aromatic nitrogens is 1. The van der Waals surface area contributed by atoms with Crippen LogP contribution in [0.15, 0.2) is 24.5 Å². The number of nitrogens with zero attached hydrogens (tertiary/aromatic N) is 2. The van der Waals surface area contributed by atoms with Gasteiger partial charge in [-0.2, -0.15) is 0 Å². The number of carbonyl (C=O) groups excluding carboxylic acids is 1. The first kappa shape index (κ1) is 10.3. The van der Waals surface area contributed by atoms with Gasteiger partial charge in [-0.3, -0.25) is 14.0 Å². The summed E-state index contributed by atoms with van der Waals surface area (Å²) in [6.45, 7) is 1.70. The Labute approximate surface area is 90.8 Å². The van der Waals surface area contributed by atoms with Crippen LogP contribution >= 0.6 is 0 Å². The molecule has 1 aliphatic rings. The molecular formula is C10H12N2O2S. The van der Waals surface area contributed by atoms with Crippen molar-refractivity contribution in [3.63, 3.8) is 0 Å². The second-order valence-electron chi connectivity index (χ2n) is 3.56. The maximum absolute atomic E-state index is 11.9. The van der Waals surface area contributed by atoms with E-state index in [0.717, 1.165) is 5.56 Å². The van der Waals surface area contributed by atoms with Crippen LogP contribution in [0.3, 0.4) is 0 Å². The van der Waals surface area contributed by atoms with Crippen molar-refractivity contribution >= 4 is 16.7 Å². The topological polar surface area (TPSA) is 50.3 Å². The Hall–Kier alpha value is -1.23. The Morgan fingerprint density at radius 1 is 1.53 bits per heavy atom. The first-order valence-corrected chi connectivity index (χ1v) is 5.96. The SMILES string of the molecule is C[C@@H]1C(=O)N(C)[C@@H](c2cccnc2)S1=O. The van der Waals surface area contributed by atoms with E-state index >= 15 is 0 Å². The van der Waals surface area contributed by atoms with Crippen LogP contribution in [0, 0.1) is 0 Å². The van der Waals surface area contributed by atoms with Gasteiger partial charge in [-0.05, 0) is 13.0 Å². The Morgan fingerprint density at radius 2 is 2.27 bits per heavy atom. The Morgan fingerprint density at radius 3 is 2.73 bits per heavy atom. The Bertz CT molecular complexity index is 407. The van der Waals surface area contributed by atoms with Crippen LogP contribution < -0.4 is 0 Å². The van der Waals surface area contributed by atoms with Crippen molar-refractivity contribution in [2.45, 2.75) is 17.5 Å². The summed E-state index contributed by atoms with van der Waals surface area (Å²) in [6, 6.07) is 3.63. The summed E-state index contributed by atoms with van der Waals surface area (Å²) in [5.41, 5.74) is 0.830. The fourth-order valence-electron chi connectivity index (χ4n) is 1.73. The van der Waals surface area contributed by atoms with Gasteiger partial charge in [-0.15, -0.1) is 0 Å². The summed E-state index contributed by atoms with van der Waals surface area (Å²) in [6.07, 6.45) is 3.32. The molecule has 0 aliphatic carbocycles. The van der Waals surface area contributed by atoms with Crippen molar-refractivity contribution in [2.75, 3.05) is 7.05 Å². The van der Waals surface area contributed by atoms with Crippen molar-refractivity contribution < 1.29 is 9.00 Å². The zero-order valence-corrected chi connectivity index (χ0v) is 9.40. The molecule has 1 aliphatic heterocycles. The van der Waals surface area contributed by atoms with E-state index < -0.39 is 16.0 Å². The van der Waals surface area contributed by atoms with Gasteiger partial charge in [0, 0.05) is 25.0 Å². The lowest BCUT2D eigenvalue weighted by atomic mass is 10.2. The fourth-order valence-corrected chi connectivity index (χ4v) is 3.31. The molecule has 1 saturated heterocycles. The van der Waals surface area contributed by atoms with E-state index in [9.17, 15) is 9.00 Å². The van der Waals surface area contributed by atoms with Crippen LogP contribution in [-0.2, 0) is 15.6 Å². The maximum atomic E-state index is 11.9. The third-order valence-corrected chi connectivity index (χ3v) is 4.51. The number of carbonyl (C=O) groups is 1. The molecule has 1 amide bonds. The summed E-state index contributed by atoms with van der Waals surface area (Å²) in [4.78, 5) is 17.1. The van der Waals surface area contributed by atoms with E-state index in [2.05, 4.69) is 4.98 Å². The smallest absolute Gasteiger partial charge is 0.239 e. The van der Waals surface area contributed by atoms with Gasteiger partial charge >= 0.3 is 0 Å². The number of hydrogen-bond acceptors (Lipinski definition) is 3. The number of hydrogen-bond donors (Lipinski definition) is 0. The maximum Gasteiger partial charge on any atom is 0.239 e. The third kappa shape index (κ3) is 1.56. The van der Waals surface area contributed by atoms with Gasteiger partial charge in [0.2, 0.25) is 5.91 Å². The van der Waals surface area contributed by atoms with Crippen LogP contribution in [0.4, 0.5) is 0 Å². The van der Waals surface area contributed by atoms with E-state index in [1.165, 1.54) is 4.90 Å². The lowest BCUT2D eigenvalue weighted by molar-refractivity contribution is -0.128. The molecule has 0 aromatic carbocycles. The van der Waals surface area contributed by atoms with Gasteiger partial charge < -0.3 is 4.90 Å². The van der Waals surface area contributed by atoms with Crippen molar-refractivity contribution in [3.05, 3.63) is 30.1 Å². The number of amides is 1. The minimum absolute atomic E-state index is 0.0674. The summed E-state index contributed by atoms with van der Waals surface area (Å²) in [5, 5.41) is -0.763. The third-order valence-electron chi connectivity index (χ3n) is 2.59. The molecule has 2 rings (SSSR count). The number of rotatable bonds is 1. The van der Waals surface area contributed by atoms with E-state index in [1.54, 1.807) is 32.4 Å². The standard InChI is InChI=1S/C10H12N2O2S/c1-7-9(13)12(2)10(15(7)14)8-4-3-5-11-6-8/h3-7,10H,1-2H3/t7-,10-,15?/m1/s1. The summed E-state index contributed by atoms with van der Waals surface area (Å²) in [5.74, 6) is -0.0674. The molecule has 1 fully saturated rings. The minimum atomic E-state index is -1.18. The van der Waals surface area contributed by atoms with Gasteiger partial charge in [0.05, 0.1) is 10.8 Å². The predicted octanol–water partition coefficient (Wildman–Crippen LogP) is 0.689. The van der Waals surface area contributed by atoms with Crippen LogP contribution in [0.2, 0.25) is 0 Å².